The van der Waals surface area contributed by atoms with E-state index in [0.717, 1.165) is 15.1 Å². The van der Waals surface area contributed by atoms with Crippen LogP contribution in [0.15, 0.2) is 22.7 Å². The van der Waals surface area contributed by atoms with Crippen molar-refractivity contribution in [2.24, 2.45) is 0 Å². The highest BCUT2D eigenvalue weighted by atomic mass is 79.9. The zero-order chi connectivity index (χ0) is 8.72. The van der Waals surface area contributed by atoms with Gasteiger partial charge in [0, 0.05) is 16.1 Å². The van der Waals surface area contributed by atoms with Gasteiger partial charge in [0.2, 0.25) is 0 Å². The van der Waals surface area contributed by atoms with Crippen molar-refractivity contribution in [2.45, 2.75) is 12.8 Å². The first-order chi connectivity index (χ1) is 5.68. The minimum Gasteiger partial charge on any atom is -0.349 e. The van der Waals surface area contributed by atoms with Crippen LogP contribution in [-0.2, 0) is 0 Å². The molecule has 62 valence electrons. The molecule has 0 unspecified atom stereocenters. The van der Waals surface area contributed by atoms with Crippen molar-refractivity contribution >= 4 is 38.8 Å². The summed E-state index contributed by atoms with van der Waals surface area (Å²) in [4.78, 5) is 0.920. The molecule has 1 aliphatic heterocycles. The molecule has 1 atom stereocenters. The molecule has 1 aliphatic rings. The van der Waals surface area contributed by atoms with E-state index in [-0.39, 0.29) is 0 Å². The number of hydrogen-bond donors (Lipinski definition) is 1. The molecule has 0 aliphatic carbocycles. The molecule has 0 saturated carbocycles. The molecule has 1 nitrogen and oxygen atoms in total. The first-order valence-electron chi connectivity index (χ1n) is 3.79. The van der Waals surface area contributed by atoms with E-state index in [1.54, 1.807) is 0 Å². The van der Waals surface area contributed by atoms with Crippen molar-refractivity contribution in [3.63, 3.8) is 0 Å². The average molecular weight is 242 g/mol. The van der Waals surface area contributed by atoms with Gasteiger partial charge in [-0.1, -0.05) is 35.1 Å². The van der Waals surface area contributed by atoms with Crippen LogP contribution in [-0.4, -0.2) is 4.99 Å². The Balaban J connectivity index is 2.55. The van der Waals surface area contributed by atoms with Gasteiger partial charge < -0.3 is 5.32 Å². The summed E-state index contributed by atoms with van der Waals surface area (Å²) < 4.78 is 1.11. The minimum absolute atomic E-state index is 0.354. The van der Waals surface area contributed by atoms with Crippen molar-refractivity contribution in [1.82, 2.24) is 0 Å². The van der Waals surface area contributed by atoms with Crippen LogP contribution in [0, 0.1) is 0 Å². The highest BCUT2D eigenvalue weighted by Gasteiger charge is 2.22. The lowest BCUT2D eigenvalue weighted by Gasteiger charge is -2.01. The number of hydrogen-bond acceptors (Lipinski definition) is 1. The highest BCUT2D eigenvalue weighted by Crippen LogP contribution is 2.34. The number of benzene rings is 1. The Bertz CT molecular complexity index is 348. The Kier molecular flexibility index (Phi) is 1.93. The van der Waals surface area contributed by atoms with Crippen molar-refractivity contribution in [2.75, 3.05) is 5.32 Å². The molecular weight excluding hydrogens is 234 g/mol. The van der Waals surface area contributed by atoms with Gasteiger partial charge in [0.15, 0.2) is 0 Å². The summed E-state index contributed by atoms with van der Waals surface area (Å²) in [6.07, 6.45) is 0. The van der Waals surface area contributed by atoms with Gasteiger partial charge in [0.05, 0.1) is 4.99 Å². The molecule has 1 aromatic rings. The van der Waals surface area contributed by atoms with Gasteiger partial charge in [-0.05, 0) is 23.8 Å². The number of thiocarbonyl (C=S) groups is 1. The zero-order valence-electron chi connectivity index (χ0n) is 6.60. The summed E-state index contributed by atoms with van der Waals surface area (Å²) in [5, 5.41) is 3.18. The van der Waals surface area contributed by atoms with E-state index in [1.807, 2.05) is 6.07 Å². The second-order valence-electron chi connectivity index (χ2n) is 2.94. The summed E-state index contributed by atoms with van der Waals surface area (Å²) in [5.41, 5.74) is 2.44. The molecule has 1 N–H and O–H groups in total. The number of fused-ring (bicyclic) bond motifs is 1. The monoisotopic (exact) mass is 241 g/mol. The van der Waals surface area contributed by atoms with Crippen LogP contribution in [0.25, 0.3) is 0 Å². The fourth-order valence-electron chi connectivity index (χ4n) is 1.39. The maximum absolute atomic E-state index is 5.16. The van der Waals surface area contributed by atoms with Gasteiger partial charge >= 0.3 is 0 Å². The number of halogens is 1. The molecule has 0 spiro atoms. The molecule has 3 heteroatoms. The maximum Gasteiger partial charge on any atom is 0.0871 e. The first kappa shape index (κ1) is 8.20. The summed E-state index contributed by atoms with van der Waals surface area (Å²) in [6.45, 7) is 2.12. The average Bonchev–Trinajstić information content (AvgIpc) is 2.31. The van der Waals surface area contributed by atoms with Crippen LogP contribution >= 0.6 is 28.1 Å². The molecule has 0 fully saturated rings. The Labute approximate surface area is 85.3 Å². The van der Waals surface area contributed by atoms with E-state index >= 15 is 0 Å². The van der Waals surface area contributed by atoms with E-state index < -0.39 is 0 Å². The van der Waals surface area contributed by atoms with Crippen LogP contribution in [0.2, 0.25) is 0 Å². The lowest BCUT2D eigenvalue weighted by atomic mass is 10.0. The molecule has 0 saturated heterocycles. The summed E-state index contributed by atoms with van der Waals surface area (Å²) in [6, 6.07) is 6.19. The second kappa shape index (κ2) is 2.82. The van der Waals surface area contributed by atoms with E-state index in [9.17, 15) is 0 Å². The van der Waals surface area contributed by atoms with Crippen molar-refractivity contribution in [1.29, 1.82) is 0 Å². The Morgan fingerprint density at radius 1 is 1.50 bits per heavy atom. The zero-order valence-corrected chi connectivity index (χ0v) is 9.00. The largest absolute Gasteiger partial charge is 0.349 e. The topological polar surface area (TPSA) is 12.0 Å². The third-order valence-electron chi connectivity index (χ3n) is 2.13. The van der Waals surface area contributed by atoms with Crippen LogP contribution in [0.3, 0.4) is 0 Å². The summed E-state index contributed by atoms with van der Waals surface area (Å²) in [7, 11) is 0. The Morgan fingerprint density at radius 2 is 2.25 bits per heavy atom. The molecule has 0 radical (unpaired) electrons. The number of nitrogens with one attached hydrogen (secondary N) is 1. The van der Waals surface area contributed by atoms with Crippen molar-refractivity contribution in [3.05, 3.63) is 28.2 Å². The smallest absolute Gasteiger partial charge is 0.0871 e. The second-order valence-corrected chi connectivity index (χ2v) is 4.30. The SMILES string of the molecule is C[C@H]1C(=S)Nc2ccc(Br)cc21. The third-order valence-corrected chi connectivity index (χ3v) is 3.08. The lowest BCUT2D eigenvalue weighted by Crippen LogP contribution is -2.05. The van der Waals surface area contributed by atoms with E-state index in [4.69, 9.17) is 12.2 Å². The number of anilines is 1. The van der Waals surface area contributed by atoms with E-state index in [2.05, 4.69) is 40.3 Å². The van der Waals surface area contributed by atoms with Crippen LogP contribution in [0.4, 0.5) is 5.69 Å². The quantitative estimate of drug-likeness (QED) is 0.700. The fourth-order valence-corrected chi connectivity index (χ4v) is 2.00. The predicted molar refractivity (Wildman–Crippen MR) is 58.8 cm³/mol. The standard InChI is InChI=1S/C9H8BrNS/c1-5-7-4-6(10)2-3-8(7)11-9(5)12/h2-5H,1H3,(H,11,12)/t5-/m1/s1. The van der Waals surface area contributed by atoms with Gasteiger partial charge in [-0.3, -0.25) is 0 Å². The van der Waals surface area contributed by atoms with Crippen molar-refractivity contribution in [3.8, 4) is 0 Å². The molecule has 1 aromatic carbocycles. The van der Waals surface area contributed by atoms with Crippen LogP contribution in [0.5, 0.6) is 0 Å². The molecule has 1 heterocycles. The Morgan fingerprint density at radius 3 is 3.00 bits per heavy atom. The maximum atomic E-state index is 5.16. The van der Waals surface area contributed by atoms with Crippen LogP contribution < -0.4 is 5.32 Å². The first-order valence-corrected chi connectivity index (χ1v) is 4.99. The number of rotatable bonds is 0. The van der Waals surface area contributed by atoms with Gasteiger partial charge in [-0.15, -0.1) is 0 Å². The highest BCUT2D eigenvalue weighted by molar-refractivity contribution is 9.10. The molecule has 0 amide bonds. The molecule has 0 aromatic heterocycles. The minimum atomic E-state index is 0.354. The molecule has 2 rings (SSSR count). The summed E-state index contributed by atoms with van der Waals surface area (Å²) in [5.74, 6) is 0.354. The predicted octanol–water partition coefficient (Wildman–Crippen LogP) is 3.31. The van der Waals surface area contributed by atoms with Crippen molar-refractivity contribution < 1.29 is 0 Å². The molecule has 12 heavy (non-hydrogen) atoms. The third kappa shape index (κ3) is 1.17. The van der Waals surface area contributed by atoms with Gasteiger partial charge in [-0.2, -0.15) is 0 Å². The van der Waals surface area contributed by atoms with E-state index in [1.165, 1.54) is 5.56 Å². The normalized spacial score (nSPS) is 20.5. The lowest BCUT2D eigenvalue weighted by molar-refractivity contribution is 1.07. The van der Waals surface area contributed by atoms with Gasteiger partial charge in [-0.25, -0.2) is 0 Å². The summed E-state index contributed by atoms with van der Waals surface area (Å²) >= 11 is 8.60. The van der Waals surface area contributed by atoms with Gasteiger partial charge in [0.1, 0.15) is 0 Å². The van der Waals surface area contributed by atoms with Crippen LogP contribution in [0.1, 0.15) is 18.4 Å². The Hall–Kier alpha value is -0.410. The van der Waals surface area contributed by atoms with E-state index in [0.29, 0.717) is 5.92 Å². The molecule has 0 bridgehead atoms. The fraction of sp³-hybridized carbons (Fsp3) is 0.222. The molecular formula is C9H8BrNS. The van der Waals surface area contributed by atoms with Gasteiger partial charge in [0.25, 0.3) is 0 Å².